The molecule has 3 heteroatoms. The summed E-state index contributed by atoms with van der Waals surface area (Å²) in [4.78, 5) is 0. The molecular weight excluding hydrogens is 871 g/mol. The molecule has 0 aliphatic carbocycles. The van der Waals surface area contributed by atoms with E-state index in [-0.39, 0.29) is 0 Å². The second-order valence-electron chi connectivity index (χ2n) is 20.0. The Morgan fingerprint density at radius 1 is 0.250 bits per heavy atom. The lowest BCUT2D eigenvalue weighted by atomic mass is 9.94. The van der Waals surface area contributed by atoms with Crippen LogP contribution < -0.4 is 0 Å². The van der Waals surface area contributed by atoms with Crippen LogP contribution in [0.2, 0.25) is 0 Å². The van der Waals surface area contributed by atoms with Gasteiger partial charge in [-0.15, -0.1) is 0 Å². The van der Waals surface area contributed by atoms with Crippen molar-refractivity contribution in [2.45, 2.75) is 20.8 Å². The fraction of sp³-hybridized carbons (Fsp3) is 0.0435. The van der Waals surface area contributed by atoms with E-state index < -0.39 is 0 Å². The molecule has 0 radical (unpaired) electrons. The average Bonchev–Trinajstić information content (AvgIpc) is 4.05. The van der Waals surface area contributed by atoms with Crippen LogP contribution in [0.15, 0.2) is 231 Å². The molecule has 0 aliphatic heterocycles. The first-order valence-electron chi connectivity index (χ1n) is 25.1. The van der Waals surface area contributed by atoms with Gasteiger partial charge >= 0.3 is 0 Å². The molecule has 0 amide bonds. The molecule has 3 nitrogen and oxygen atoms in total. The molecule has 0 saturated carbocycles. The van der Waals surface area contributed by atoms with Gasteiger partial charge in [0.25, 0.3) is 0 Å². The van der Waals surface area contributed by atoms with E-state index in [0.717, 1.165) is 5.69 Å². The van der Waals surface area contributed by atoms with Crippen LogP contribution in [0.3, 0.4) is 0 Å². The van der Waals surface area contributed by atoms with E-state index in [1.807, 2.05) is 0 Å². The SMILES string of the molecule is Cc1cccc(-n2c3cc(-c4cc5c(c6ccccc46)c4ccccc4n5-c4cccc(C)c4)ccc3c3cc4ccc(-c5ccc6c7ccc8ccccc8c7n(-c7cccc(C)c7)c6c5)cc4cc32)c1. The minimum atomic E-state index is 1.16. The fourth-order valence-electron chi connectivity index (χ4n) is 12.3. The largest absolute Gasteiger partial charge is 0.309 e. The highest BCUT2D eigenvalue weighted by atomic mass is 15.0. The standard InChI is InChI=1S/C69H47N3/c1-42-13-10-17-51(33-42)70-63-24-9-8-23-60(63)68-58-22-7-6-21-55(58)61(41-67(68)70)49-29-31-57-62-37-47-26-25-46(36-50(47)40-66(62)71(64(57)39-49)52-18-11-14-43(2)34-52)48-28-30-56-59-32-27-45-16-4-5-20-54(45)69(59)72(65(56)38-48)53-19-12-15-44(3)35-53/h4-41H,1-3H3. The first-order chi connectivity index (χ1) is 35.4. The number of benzene rings is 12. The van der Waals surface area contributed by atoms with Crippen molar-refractivity contribution in [3.8, 4) is 39.3 Å². The summed E-state index contributed by atoms with van der Waals surface area (Å²) < 4.78 is 7.43. The first-order valence-corrected chi connectivity index (χ1v) is 25.1. The van der Waals surface area contributed by atoms with Crippen LogP contribution in [-0.4, -0.2) is 13.7 Å². The molecule has 72 heavy (non-hydrogen) atoms. The van der Waals surface area contributed by atoms with E-state index in [9.17, 15) is 0 Å². The molecule has 12 aromatic carbocycles. The molecular formula is C69H47N3. The molecule has 0 aliphatic rings. The second kappa shape index (κ2) is 15.4. The maximum absolute atomic E-state index is 2.49. The van der Waals surface area contributed by atoms with Crippen molar-refractivity contribution in [3.05, 3.63) is 247 Å². The molecule has 15 aromatic rings. The van der Waals surface area contributed by atoms with Crippen LogP contribution in [0.25, 0.3) is 137 Å². The van der Waals surface area contributed by atoms with Crippen molar-refractivity contribution in [2.75, 3.05) is 0 Å². The van der Waals surface area contributed by atoms with Crippen molar-refractivity contribution in [2.24, 2.45) is 0 Å². The van der Waals surface area contributed by atoms with E-state index in [2.05, 4.69) is 265 Å². The smallest absolute Gasteiger partial charge is 0.0619 e. The minimum Gasteiger partial charge on any atom is -0.309 e. The van der Waals surface area contributed by atoms with Gasteiger partial charge in [-0.2, -0.15) is 0 Å². The highest BCUT2D eigenvalue weighted by Gasteiger charge is 2.21. The molecule has 0 atom stereocenters. The number of aryl methyl sites for hydroxylation is 3. The number of rotatable bonds is 5. The van der Waals surface area contributed by atoms with Crippen molar-refractivity contribution in [3.63, 3.8) is 0 Å². The quantitative estimate of drug-likeness (QED) is 0.163. The molecule has 15 rings (SSSR count). The van der Waals surface area contributed by atoms with Crippen LogP contribution >= 0.6 is 0 Å². The van der Waals surface area contributed by atoms with E-state index in [0.29, 0.717) is 0 Å². The molecule has 3 aromatic heterocycles. The number of nitrogens with zero attached hydrogens (tertiary/aromatic N) is 3. The maximum Gasteiger partial charge on any atom is 0.0619 e. The molecule has 0 N–H and O–H groups in total. The summed E-state index contributed by atoms with van der Waals surface area (Å²) in [6.45, 7) is 6.55. The normalized spacial score (nSPS) is 12.1. The number of fused-ring (bicyclic) bond motifs is 14. The predicted molar refractivity (Wildman–Crippen MR) is 307 cm³/mol. The lowest BCUT2D eigenvalue weighted by Gasteiger charge is -2.14. The third kappa shape index (κ3) is 6.04. The van der Waals surface area contributed by atoms with Crippen LogP contribution in [0, 0.1) is 20.8 Å². The van der Waals surface area contributed by atoms with Crippen LogP contribution in [-0.2, 0) is 0 Å². The van der Waals surface area contributed by atoms with Crippen LogP contribution in [0.4, 0.5) is 0 Å². The summed E-state index contributed by atoms with van der Waals surface area (Å²) in [6.07, 6.45) is 0. The zero-order chi connectivity index (χ0) is 47.8. The molecule has 338 valence electrons. The summed E-state index contributed by atoms with van der Waals surface area (Å²) in [5.41, 5.74) is 19.3. The molecule has 0 unspecified atom stereocenters. The van der Waals surface area contributed by atoms with Gasteiger partial charge in [0.15, 0.2) is 0 Å². The van der Waals surface area contributed by atoms with Gasteiger partial charge in [-0.1, -0.05) is 152 Å². The van der Waals surface area contributed by atoms with Gasteiger partial charge in [0.05, 0.1) is 33.1 Å². The van der Waals surface area contributed by atoms with Crippen molar-refractivity contribution in [1.29, 1.82) is 0 Å². The highest BCUT2D eigenvalue weighted by Crippen LogP contribution is 2.45. The van der Waals surface area contributed by atoms with Gasteiger partial charge in [0, 0.05) is 54.8 Å². The predicted octanol–water partition coefficient (Wildman–Crippen LogP) is 18.7. The number of para-hydroxylation sites is 1. The molecule has 3 heterocycles. The van der Waals surface area contributed by atoms with Gasteiger partial charge in [0.1, 0.15) is 0 Å². The van der Waals surface area contributed by atoms with E-state index >= 15 is 0 Å². The Kier molecular flexibility index (Phi) is 8.71. The van der Waals surface area contributed by atoms with Crippen molar-refractivity contribution >= 4 is 97.7 Å². The first kappa shape index (κ1) is 40.7. The zero-order valence-corrected chi connectivity index (χ0v) is 40.3. The summed E-state index contributed by atoms with van der Waals surface area (Å²) in [7, 11) is 0. The van der Waals surface area contributed by atoms with Crippen LogP contribution in [0.1, 0.15) is 16.7 Å². The lowest BCUT2D eigenvalue weighted by molar-refractivity contribution is 1.17. The van der Waals surface area contributed by atoms with Gasteiger partial charge in [-0.25, -0.2) is 0 Å². The molecule has 0 bridgehead atoms. The van der Waals surface area contributed by atoms with E-state index in [1.54, 1.807) is 0 Å². The third-order valence-electron chi connectivity index (χ3n) is 15.5. The number of aromatic nitrogens is 3. The average molecular weight is 918 g/mol. The maximum atomic E-state index is 2.49. The summed E-state index contributed by atoms with van der Waals surface area (Å²) in [5.74, 6) is 0. The third-order valence-corrected chi connectivity index (χ3v) is 15.5. The molecule has 0 spiro atoms. The topological polar surface area (TPSA) is 14.8 Å². The fourth-order valence-corrected chi connectivity index (χ4v) is 12.3. The summed E-state index contributed by atoms with van der Waals surface area (Å²) in [6, 6.07) is 86.4. The summed E-state index contributed by atoms with van der Waals surface area (Å²) >= 11 is 0. The van der Waals surface area contributed by atoms with E-state index in [1.165, 1.54) is 148 Å². The lowest BCUT2D eigenvalue weighted by Crippen LogP contribution is -1.96. The molecule has 0 saturated heterocycles. The Hall–Kier alpha value is -9.18. The number of hydrogen-bond acceptors (Lipinski definition) is 0. The Bertz CT molecular complexity index is 4780. The second-order valence-corrected chi connectivity index (χ2v) is 20.0. The van der Waals surface area contributed by atoms with Gasteiger partial charge < -0.3 is 13.7 Å². The van der Waals surface area contributed by atoms with Crippen molar-refractivity contribution in [1.82, 2.24) is 13.7 Å². The Morgan fingerprint density at radius 2 is 0.778 bits per heavy atom. The Balaban J connectivity index is 0.945. The highest BCUT2D eigenvalue weighted by molar-refractivity contribution is 6.25. The van der Waals surface area contributed by atoms with Crippen LogP contribution in [0.5, 0.6) is 0 Å². The molecule has 0 fully saturated rings. The summed E-state index contributed by atoms with van der Waals surface area (Å²) in [5, 5.41) is 15.0. The minimum absolute atomic E-state index is 1.16. The van der Waals surface area contributed by atoms with Gasteiger partial charge in [-0.3, -0.25) is 0 Å². The number of hydrogen-bond donors (Lipinski definition) is 0. The van der Waals surface area contributed by atoms with Gasteiger partial charge in [-0.05, 0) is 166 Å². The van der Waals surface area contributed by atoms with Gasteiger partial charge in [0.2, 0.25) is 0 Å². The van der Waals surface area contributed by atoms with Crippen molar-refractivity contribution < 1.29 is 0 Å². The Labute approximate surface area is 416 Å². The van der Waals surface area contributed by atoms with E-state index in [4.69, 9.17) is 0 Å². The Morgan fingerprint density at radius 3 is 1.51 bits per heavy atom. The zero-order valence-electron chi connectivity index (χ0n) is 40.3. The monoisotopic (exact) mass is 917 g/mol.